The van der Waals surface area contributed by atoms with Gasteiger partial charge in [0.25, 0.3) is 0 Å². The van der Waals surface area contributed by atoms with E-state index in [0.717, 1.165) is 77.0 Å². The molecule has 0 aliphatic heterocycles. The molecule has 72 heavy (non-hydrogen) atoms. The smallest absolute Gasteiger partial charge is 0.306 e. The van der Waals surface area contributed by atoms with Crippen molar-refractivity contribution >= 4 is 17.9 Å². The molecule has 420 valence electrons. The van der Waals surface area contributed by atoms with Crippen molar-refractivity contribution in [3.63, 3.8) is 0 Å². The van der Waals surface area contributed by atoms with Gasteiger partial charge in [-0.1, -0.05) is 268 Å². The van der Waals surface area contributed by atoms with E-state index in [9.17, 15) is 14.4 Å². The lowest BCUT2D eigenvalue weighted by molar-refractivity contribution is -0.167. The molecule has 0 rings (SSSR count). The third-order valence-electron chi connectivity index (χ3n) is 14.0. The fourth-order valence-electron chi connectivity index (χ4n) is 9.22. The van der Waals surface area contributed by atoms with Crippen molar-refractivity contribution in [3.05, 3.63) is 48.6 Å². The molecule has 0 amide bonds. The number of esters is 3. The lowest BCUT2D eigenvalue weighted by Crippen LogP contribution is -2.30. The highest BCUT2D eigenvalue weighted by Crippen LogP contribution is 2.17. The molecule has 0 radical (unpaired) electrons. The molecule has 0 aromatic rings. The second kappa shape index (κ2) is 60.9. The van der Waals surface area contributed by atoms with Crippen molar-refractivity contribution in [1.29, 1.82) is 0 Å². The summed E-state index contributed by atoms with van der Waals surface area (Å²) >= 11 is 0. The van der Waals surface area contributed by atoms with Gasteiger partial charge in [-0.2, -0.15) is 0 Å². The van der Waals surface area contributed by atoms with Crippen molar-refractivity contribution in [2.45, 2.75) is 341 Å². The Kier molecular flexibility index (Phi) is 58.7. The fraction of sp³-hybridized carbons (Fsp3) is 0.833. The van der Waals surface area contributed by atoms with Gasteiger partial charge in [-0.15, -0.1) is 0 Å². The van der Waals surface area contributed by atoms with E-state index in [4.69, 9.17) is 14.2 Å². The third kappa shape index (κ3) is 58.3. The summed E-state index contributed by atoms with van der Waals surface area (Å²) in [5, 5.41) is 0. The Labute approximate surface area is 448 Å². The first-order valence-corrected chi connectivity index (χ1v) is 31.6. The zero-order chi connectivity index (χ0) is 52.2. The van der Waals surface area contributed by atoms with E-state index in [0.29, 0.717) is 19.3 Å². The molecule has 0 bridgehead atoms. The van der Waals surface area contributed by atoms with Crippen LogP contribution in [0.5, 0.6) is 0 Å². The van der Waals surface area contributed by atoms with Gasteiger partial charge in [0.2, 0.25) is 0 Å². The summed E-state index contributed by atoms with van der Waals surface area (Å²) < 4.78 is 16.9. The minimum absolute atomic E-state index is 0.0761. The maximum Gasteiger partial charge on any atom is 0.306 e. The Morgan fingerprint density at radius 1 is 0.278 bits per heavy atom. The lowest BCUT2D eigenvalue weighted by atomic mass is 10.0. The van der Waals surface area contributed by atoms with Crippen LogP contribution in [0, 0.1) is 0 Å². The number of unbranched alkanes of at least 4 members (excludes halogenated alkanes) is 39. The summed E-state index contributed by atoms with van der Waals surface area (Å²) in [7, 11) is 0. The summed E-state index contributed by atoms with van der Waals surface area (Å²) in [6.07, 6.45) is 75.6. The van der Waals surface area contributed by atoms with E-state index in [1.807, 2.05) is 0 Å². The molecule has 0 fully saturated rings. The third-order valence-corrected chi connectivity index (χ3v) is 14.0. The van der Waals surface area contributed by atoms with Crippen LogP contribution in [0.2, 0.25) is 0 Å². The average Bonchev–Trinajstić information content (AvgIpc) is 3.38. The number of hydrogen-bond donors (Lipinski definition) is 0. The molecule has 0 aromatic heterocycles. The van der Waals surface area contributed by atoms with Crippen LogP contribution < -0.4 is 0 Å². The monoisotopic (exact) mass is 1010 g/mol. The maximum absolute atomic E-state index is 12.8. The summed E-state index contributed by atoms with van der Waals surface area (Å²) in [4.78, 5) is 38.1. The quantitative estimate of drug-likeness (QED) is 0.0261. The predicted molar refractivity (Wildman–Crippen MR) is 312 cm³/mol. The molecule has 0 spiro atoms. The van der Waals surface area contributed by atoms with E-state index in [1.54, 1.807) is 0 Å². The van der Waals surface area contributed by atoms with Crippen LogP contribution in [0.1, 0.15) is 335 Å². The van der Waals surface area contributed by atoms with E-state index >= 15 is 0 Å². The van der Waals surface area contributed by atoms with Gasteiger partial charge in [0.05, 0.1) is 0 Å². The van der Waals surface area contributed by atoms with E-state index < -0.39 is 6.10 Å². The number of rotatable bonds is 58. The molecule has 0 aliphatic carbocycles. The van der Waals surface area contributed by atoms with E-state index in [2.05, 4.69) is 69.4 Å². The zero-order valence-electron chi connectivity index (χ0n) is 48.2. The number of carbonyl (C=O) groups is 3. The van der Waals surface area contributed by atoms with Gasteiger partial charge in [-0.3, -0.25) is 14.4 Å². The normalized spacial score (nSPS) is 12.3. The van der Waals surface area contributed by atoms with Crippen molar-refractivity contribution in [2.24, 2.45) is 0 Å². The topological polar surface area (TPSA) is 78.9 Å². The molecule has 0 saturated carbocycles. The summed E-state index contributed by atoms with van der Waals surface area (Å²) in [6, 6.07) is 0. The van der Waals surface area contributed by atoms with Gasteiger partial charge in [-0.05, 0) is 96.3 Å². The highest BCUT2D eigenvalue weighted by atomic mass is 16.6. The van der Waals surface area contributed by atoms with Crippen LogP contribution in [0.25, 0.3) is 0 Å². The molecular weight excluding hydrogens is 889 g/mol. The largest absolute Gasteiger partial charge is 0.462 e. The second-order valence-corrected chi connectivity index (χ2v) is 21.3. The van der Waals surface area contributed by atoms with Crippen LogP contribution >= 0.6 is 0 Å². The minimum Gasteiger partial charge on any atom is -0.462 e. The highest BCUT2D eigenvalue weighted by Gasteiger charge is 2.19. The maximum atomic E-state index is 12.8. The molecule has 0 saturated heterocycles. The highest BCUT2D eigenvalue weighted by molar-refractivity contribution is 5.71. The lowest BCUT2D eigenvalue weighted by Gasteiger charge is -2.18. The first kappa shape index (κ1) is 69.4. The van der Waals surface area contributed by atoms with Gasteiger partial charge >= 0.3 is 17.9 Å². The Hall–Kier alpha value is -2.63. The first-order chi connectivity index (χ1) is 35.5. The number of ether oxygens (including phenoxy) is 3. The van der Waals surface area contributed by atoms with Gasteiger partial charge in [0.15, 0.2) is 6.10 Å². The zero-order valence-corrected chi connectivity index (χ0v) is 48.2. The van der Waals surface area contributed by atoms with Crippen molar-refractivity contribution in [1.82, 2.24) is 0 Å². The molecule has 0 aliphatic rings. The summed E-state index contributed by atoms with van der Waals surface area (Å²) in [5.41, 5.74) is 0. The Morgan fingerprint density at radius 2 is 0.514 bits per heavy atom. The SMILES string of the molecule is CCCC/C=C\CCCCCCCC(=O)OCC(COC(=O)CCCCCCCCCCCCCCCCCCC/C=C\C/C=C\CCCCCCC)OC(=O)CCCCCCC/C=C\CCCCCCC. The van der Waals surface area contributed by atoms with Crippen LogP contribution in [0.3, 0.4) is 0 Å². The minimum atomic E-state index is -0.778. The van der Waals surface area contributed by atoms with Gasteiger partial charge in [0, 0.05) is 19.3 Å². The molecule has 1 atom stereocenters. The molecular formula is C66H120O6. The van der Waals surface area contributed by atoms with Crippen LogP contribution in [0.15, 0.2) is 48.6 Å². The molecule has 0 aromatic carbocycles. The van der Waals surface area contributed by atoms with Crippen molar-refractivity contribution in [3.8, 4) is 0 Å². The molecule has 1 unspecified atom stereocenters. The second-order valence-electron chi connectivity index (χ2n) is 21.3. The molecule has 0 N–H and O–H groups in total. The predicted octanol–water partition coefficient (Wildman–Crippen LogP) is 21.4. The summed E-state index contributed by atoms with van der Waals surface area (Å²) in [5.74, 6) is -0.879. The van der Waals surface area contributed by atoms with E-state index in [1.165, 1.54) is 218 Å². The molecule has 6 nitrogen and oxygen atoms in total. The standard InChI is InChI=1S/C66H120O6/c1-4-7-10-13-16-19-22-24-26-27-28-29-30-31-32-33-34-35-36-37-38-39-40-42-44-47-50-53-56-59-65(68)71-62-63(61-70-64(67)58-55-52-49-46-43-21-18-15-12-9-6-3)72-66(69)60-57-54-51-48-45-41-25-23-20-17-14-11-8-5-2/h15,18,22-25,27-28,63H,4-14,16-17,19-21,26,29-62H2,1-3H3/b18-15-,24-22-,25-23-,28-27-. The van der Waals surface area contributed by atoms with Crippen molar-refractivity contribution in [2.75, 3.05) is 13.2 Å². The first-order valence-electron chi connectivity index (χ1n) is 31.6. The van der Waals surface area contributed by atoms with Gasteiger partial charge < -0.3 is 14.2 Å². The fourth-order valence-corrected chi connectivity index (χ4v) is 9.22. The van der Waals surface area contributed by atoms with Gasteiger partial charge in [0.1, 0.15) is 13.2 Å². The van der Waals surface area contributed by atoms with Crippen molar-refractivity contribution < 1.29 is 28.6 Å². The Balaban J connectivity index is 4.13. The van der Waals surface area contributed by atoms with Crippen LogP contribution in [-0.4, -0.2) is 37.2 Å². The Morgan fingerprint density at radius 3 is 0.819 bits per heavy atom. The van der Waals surface area contributed by atoms with Gasteiger partial charge in [-0.25, -0.2) is 0 Å². The van der Waals surface area contributed by atoms with Crippen LogP contribution in [-0.2, 0) is 28.6 Å². The van der Waals surface area contributed by atoms with Crippen LogP contribution in [0.4, 0.5) is 0 Å². The Bertz CT molecular complexity index is 1250. The van der Waals surface area contributed by atoms with E-state index in [-0.39, 0.29) is 31.1 Å². The number of hydrogen-bond acceptors (Lipinski definition) is 6. The molecule has 6 heteroatoms. The number of allylic oxidation sites excluding steroid dienone is 8. The summed E-state index contributed by atoms with van der Waals surface area (Å²) in [6.45, 7) is 6.60. The average molecular weight is 1010 g/mol. The number of carbonyl (C=O) groups excluding carboxylic acids is 3. The molecule has 0 heterocycles.